The van der Waals surface area contributed by atoms with Gasteiger partial charge in [-0.25, -0.2) is 0 Å². The molecule has 3 rings (SSSR count). The van der Waals surface area contributed by atoms with Crippen LogP contribution in [0.5, 0.6) is 0 Å². The zero-order chi connectivity index (χ0) is 13.5. The third-order valence-corrected chi connectivity index (χ3v) is 4.91. The van der Waals surface area contributed by atoms with Gasteiger partial charge in [0.05, 0.1) is 0 Å². The lowest BCUT2D eigenvalue weighted by atomic mass is 9.96. The first-order valence-corrected chi connectivity index (χ1v) is 7.72. The summed E-state index contributed by atoms with van der Waals surface area (Å²) >= 11 is 0. The molecule has 0 aromatic carbocycles. The van der Waals surface area contributed by atoms with Gasteiger partial charge in [0, 0.05) is 26.2 Å². The second-order valence-electron chi connectivity index (χ2n) is 6.58. The van der Waals surface area contributed by atoms with E-state index >= 15 is 0 Å². The number of amides is 2. The molecule has 3 aliphatic rings. The molecule has 19 heavy (non-hydrogen) atoms. The van der Waals surface area contributed by atoms with Gasteiger partial charge >= 0.3 is 0 Å². The predicted octanol–water partition coefficient (Wildman–Crippen LogP) is 1.65. The van der Waals surface area contributed by atoms with Crippen molar-refractivity contribution in [1.82, 2.24) is 9.80 Å². The molecule has 1 atom stereocenters. The minimum absolute atomic E-state index is 0.119. The number of rotatable bonds is 2. The van der Waals surface area contributed by atoms with Gasteiger partial charge in [0.1, 0.15) is 5.41 Å². The third kappa shape index (κ3) is 2.26. The molecule has 1 saturated carbocycles. The molecule has 4 heteroatoms. The van der Waals surface area contributed by atoms with Gasteiger partial charge in [0.2, 0.25) is 11.8 Å². The lowest BCUT2D eigenvalue weighted by Gasteiger charge is -2.34. The molecular weight excluding hydrogens is 240 g/mol. The lowest BCUT2D eigenvalue weighted by Crippen LogP contribution is -2.48. The van der Waals surface area contributed by atoms with E-state index in [1.165, 1.54) is 6.42 Å². The summed E-state index contributed by atoms with van der Waals surface area (Å²) in [5, 5.41) is 0. The van der Waals surface area contributed by atoms with Crippen LogP contribution in [0.15, 0.2) is 0 Å². The van der Waals surface area contributed by atoms with Gasteiger partial charge in [0.25, 0.3) is 0 Å². The van der Waals surface area contributed by atoms with Crippen LogP contribution in [0.1, 0.15) is 45.4 Å². The van der Waals surface area contributed by atoms with Crippen LogP contribution in [0, 0.1) is 11.3 Å². The van der Waals surface area contributed by atoms with Crippen molar-refractivity contribution in [2.45, 2.75) is 45.4 Å². The molecule has 106 valence electrons. The van der Waals surface area contributed by atoms with Crippen molar-refractivity contribution >= 4 is 11.8 Å². The monoisotopic (exact) mass is 264 g/mol. The predicted molar refractivity (Wildman–Crippen MR) is 72.5 cm³/mol. The molecule has 3 fully saturated rings. The maximum atomic E-state index is 12.7. The molecule has 0 bridgehead atoms. The quantitative estimate of drug-likeness (QED) is 0.712. The number of likely N-dealkylation sites (tertiary alicyclic amines) is 2. The third-order valence-electron chi connectivity index (χ3n) is 4.91. The summed E-state index contributed by atoms with van der Waals surface area (Å²) in [5.74, 6) is 0.819. The number of hydrogen-bond acceptors (Lipinski definition) is 2. The SMILES string of the molecule is CC1CCCN(C(=O)C2(C(=O)N3CCCC3)CC2)C1. The standard InChI is InChI=1S/C15H24N2O2/c1-12-5-4-10-17(11-12)14(19)15(6-7-15)13(18)16-8-2-3-9-16/h12H,2-11H2,1H3. The molecule has 2 heterocycles. The van der Waals surface area contributed by atoms with Crippen LogP contribution in [-0.2, 0) is 9.59 Å². The van der Waals surface area contributed by atoms with E-state index in [2.05, 4.69) is 6.92 Å². The van der Waals surface area contributed by atoms with E-state index in [9.17, 15) is 9.59 Å². The molecule has 0 spiro atoms. The van der Waals surface area contributed by atoms with Crippen molar-refractivity contribution in [3.8, 4) is 0 Å². The average molecular weight is 264 g/mol. The summed E-state index contributed by atoms with van der Waals surface area (Å²) in [5.41, 5.74) is -0.651. The highest BCUT2D eigenvalue weighted by atomic mass is 16.2. The van der Waals surface area contributed by atoms with Crippen molar-refractivity contribution in [2.24, 2.45) is 11.3 Å². The first-order chi connectivity index (χ1) is 9.13. The van der Waals surface area contributed by atoms with Crippen molar-refractivity contribution in [2.75, 3.05) is 26.2 Å². The fourth-order valence-corrected chi connectivity index (χ4v) is 3.54. The van der Waals surface area contributed by atoms with Crippen molar-refractivity contribution < 1.29 is 9.59 Å². The van der Waals surface area contributed by atoms with Gasteiger partial charge in [-0.15, -0.1) is 0 Å². The summed E-state index contributed by atoms with van der Waals surface area (Å²) in [7, 11) is 0. The van der Waals surface area contributed by atoms with Gasteiger partial charge in [0.15, 0.2) is 0 Å². The Bertz CT molecular complexity index is 384. The second kappa shape index (κ2) is 4.80. The Morgan fingerprint density at radius 3 is 2.11 bits per heavy atom. The van der Waals surface area contributed by atoms with E-state index in [0.717, 1.165) is 58.3 Å². The van der Waals surface area contributed by atoms with Crippen molar-refractivity contribution in [3.63, 3.8) is 0 Å². The van der Waals surface area contributed by atoms with Crippen molar-refractivity contribution in [3.05, 3.63) is 0 Å². The maximum Gasteiger partial charge on any atom is 0.238 e. The maximum absolute atomic E-state index is 12.7. The van der Waals surface area contributed by atoms with Gasteiger partial charge < -0.3 is 9.80 Å². The van der Waals surface area contributed by atoms with Crippen molar-refractivity contribution in [1.29, 1.82) is 0 Å². The van der Waals surface area contributed by atoms with Gasteiger partial charge in [-0.3, -0.25) is 9.59 Å². The first kappa shape index (κ1) is 12.9. The highest BCUT2D eigenvalue weighted by molar-refractivity contribution is 6.07. The van der Waals surface area contributed by atoms with Gasteiger partial charge in [-0.2, -0.15) is 0 Å². The van der Waals surface area contributed by atoms with Gasteiger partial charge in [-0.1, -0.05) is 6.92 Å². The highest BCUT2D eigenvalue weighted by Gasteiger charge is 2.59. The van der Waals surface area contributed by atoms with Crippen LogP contribution in [0.2, 0.25) is 0 Å². The Labute approximate surface area is 115 Å². The largest absolute Gasteiger partial charge is 0.342 e. The second-order valence-corrected chi connectivity index (χ2v) is 6.58. The Hall–Kier alpha value is -1.06. The Balaban J connectivity index is 1.69. The highest BCUT2D eigenvalue weighted by Crippen LogP contribution is 2.49. The number of hydrogen-bond donors (Lipinski definition) is 0. The van der Waals surface area contributed by atoms with Crippen LogP contribution in [0.3, 0.4) is 0 Å². The number of carbonyl (C=O) groups excluding carboxylic acids is 2. The molecule has 0 N–H and O–H groups in total. The van der Waals surface area contributed by atoms with E-state index in [-0.39, 0.29) is 11.8 Å². The van der Waals surface area contributed by atoms with Crippen LogP contribution in [0.25, 0.3) is 0 Å². The summed E-state index contributed by atoms with van der Waals surface area (Å²) in [6, 6.07) is 0. The molecular formula is C15H24N2O2. The summed E-state index contributed by atoms with van der Waals surface area (Å²) in [4.78, 5) is 29.1. The van der Waals surface area contributed by atoms with E-state index in [1.54, 1.807) is 0 Å². The molecule has 1 unspecified atom stereocenters. The molecule has 4 nitrogen and oxygen atoms in total. The fourth-order valence-electron chi connectivity index (χ4n) is 3.54. The molecule has 1 aliphatic carbocycles. The molecule has 0 aromatic rings. The minimum atomic E-state index is -0.651. The first-order valence-electron chi connectivity index (χ1n) is 7.72. The zero-order valence-corrected chi connectivity index (χ0v) is 11.9. The molecule has 2 saturated heterocycles. The topological polar surface area (TPSA) is 40.6 Å². The van der Waals surface area contributed by atoms with E-state index in [1.807, 2.05) is 9.80 Å². The summed E-state index contributed by atoms with van der Waals surface area (Å²) in [6.45, 7) is 5.59. The molecule has 2 amide bonds. The van der Waals surface area contributed by atoms with E-state index in [4.69, 9.17) is 0 Å². The van der Waals surface area contributed by atoms with Crippen LogP contribution >= 0.6 is 0 Å². The van der Waals surface area contributed by atoms with Crippen LogP contribution < -0.4 is 0 Å². The summed E-state index contributed by atoms with van der Waals surface area (Å²) < 4.78 is 0. The number of piperidine rings is 1. The zero-order valence-electron chi connectivity index (χ0n) is 11.9. The van der Waals surface area contributed by atoms with E-state index in [0.29, 0.717) is 5.92 Å². The smallest absolute Gasteiger partial charge is 0.238 e. The summed E-state index contributed by atoms with van der Waals surface area (Å²) in [6.07, 6.45) is 6.02. The molecule has 0 aromatic heterocycles. The Kier molecular flexibility index (Phi) is 3.27. The molecule has 0 radical (unpaired) electrons. The normalized spacial score (nSPS) is 29.4. The van der Waals surface area contributed by atoms with Crippen LogP contribution in [-0.4, -0.2) is 47.8 Å². The number of carbonyl (C=O) groups is 2. The average Bonchev–Trinajstić information content (AvgIpc) is 3.04. The Morgan fingerprint density at radius 1 is 0.947 bits per heavy atom. The minimum Gasteiger partial charge on any atom is -0.342 e. The Morgan fingerprint density at radius 2 is 1.53 bits per heavy atom. The van der Waals surface area contributed by atoms with Crippen LogP contribution in [0.4, 0.5) is 0 Å². The number of nitrogens with zero attached hydrogens (tertiary/aromatic N) is 2. The molecule has 2 aliphatic heterocycles. The fraction of sp³-hybridized carbons (Fsp3) is 0.867. The lowest BCUT2D eigenvalue weighted by molar-refractivity contribution is -0.150. The van der Waals surface area contributed by atoms with E-state index < -0.39 is 5.41 Å². The van der Waals surface area contributed by atoms with Gasteiger partial charge in [-0.05, 0) is 44.4 Å².